The van der Waals surface area contributed by atoms with Gasteiger partial charge in [-0.25, -0.2) is 4.39 Å². The topological polar surface area (TPSA) is 26.7 Å². The van der Waals surface area contributed by atoms with Crippen molar-refractivity contribution in [1.29, 1.82) is 0 Å². The van der Waals surface area contributed by atoms with E-state index < -0.39 is 6.10 Å². The normalized spacial score (nSPS) is 32.5. The van der Waals surface area contributed by atoms with Crippen LogP contribution in [0, 0.1) is 12.7 Å². The molecule has 2 atom stereocenters. The SMILES string of the molecule is Cc1cc(C(O)C2CN3CCN2CC3)ccc1F. The summed E-state index contributed by atoms with van der Waals surface area (Å²) in [6, 6.07) is 5.06. The molecule has 1 aromatic carbocycles. The Hall–Kier alpha value is -0.970. The van der Waals surface area contributed by atoms with Gasteiger partial charge >= 0.3 is 0 Å². The summed E-state index contributed by atoms with van der Waals surface area (Å²) in [5.74, 6) is -0.208. The second kappa shape index (κ2) is 4.61. The second-order valence-corrected chi connectivity index (χ2v) is 5.36. The molecule has 1 aromatic rings. The van der Waals surface area contributed by atoms with Gasteiger partial charge in [0.05, 0.1) is 12.1 Å². The zero-order valence-electron chi connectivity index (χ0n) is 10.6. The average Bonchev–Trinajstić information content (AvgIpc) is 2.42. The lowest BCUT2D eigenvalue weighted by Crippen LogP contribution is -2.62. The molecule has 3 aliphatic heterocycles. The van der Waals surface area contributed by atoms with Crippen LogP contribution in [0.4, 0.5) is 4.39 Å². The maximum absolute atomic E-state index is 13.3. The van der Waals surface area contributed by atoms with Gasteiger partial charge in [-0.05, 0) is 24.1 Å². The Morgan fingerprint density at radius 2 is 2.00 bits per heavy atom. The molecule has 2 bridgehead atoms. The molecule has 0 spiro atoms. The first-order chi connectivity index (χ1) is 8.65. The van der Waals surface area contributed by atoms with Crippen LogP contribution in [-0.4, -0.2) is 53.7 Å². The molecule has 0 aliphatic carbocycles. The summed E-state index contributed by atoms with van der Waals surface area (Å²) >= 11 is 0. The van der Waals surface area contributed by atoms with Crippen LogP contribution in [0.1, 0.15) is 17.2 Å². The summed E-state index contributed by atoms with van der Waals surface area (Å²) in [5.41, 5.74) is 1.43. The van der Waals surface area contributed by atoms with Gasteiger partial charge in [-0.15, -0.1) is 0 Å². The summed E-state index contributed by atoms with van der Waals surface area (Å²) < 4.78 is 13.3. The van der Waals surface area contributed by atoms with Crippen LogP contribution in [0.3, 0.4) is 0 Å². The van der Waals surface area contributed by atoms with Crippen molar-refractivity contribution in [1.82, 2.24) is 9.80 Å². The van der Waals surface area contributed by atoms with E-state index in [1.54, 1.807) is 19.1 Å². The van der Waals surface area contributed by atoms with Crippen LogP contribution in [-0.2, 0) is 0 Å². The predicted octanol–water partition coefficient (Wildman–Crippen LogP) is 1.17. The van der Waals surface area contributed by atoms with Crippen molar-refractivity contribution in [2.45, 2.75) is 19.1 Å². The minimum atomic E-state index is -0.521. The fourth-order valence-electron chi connectivity index (χ4n) is 3.03. The first-order valence-corrected chi connectivity index (χ1v) is 6.55. The maximum atomic E-state index is 13.3. The molecule has 3 saturated heterocycles. The van der Waals surface area contributed by atoms with E-state index in [1.165, 1.54) is 6.07 Å². The Labute approximate surface area is 107 Å². The van der Waals surface area contributed by atoms with Crippen LogP contribution < -0.4 is 0 Å². The van der Waals surface area contributed by atoms with Gasteiger partial charge in [0.1, 0.15) is 5.82 Å². The third kappa shape index (κ3) is 2.05. The number of aryl methyl sites for hydroxylation is 1. The summed E-state index contributed by atoms with van der Waals surface area (Å²) in [7, 11) is 0. The highest BCUT2D eigenvalue weighted by Gasteiger charge is 2.36. The molecule has 4 rings (SSSR count). The van der Waals surface area contributed by atoms with Gasteiger partial charge in [-0.1, -0.05) is 12.1 Å². The largest absolute Gasteiger partial charge is 0.387 e. The smallest absolute Gasteiger partial charge is 0.126 e. The molecule has 4 heteroatoms. The molecule has 3 fully saturated rings. The number of fused-ring (bicyclic) bond motifs is 3. The van der Waals surface area contributed by atoms with E-state index in [-0.39, 0.29) is 11.9 Å². The van der Waals surface area contributed by atoms with E-state index in [2.05, 4.69) is 9.80 Å². The molecule has 98 valence electrons. The lowest BCUT2D eigenvalue weighted by Gasteiger charge is -2.49. The van der Waals surface area contributed by atoms with Crippen molar-refractivity contribution < 1.29 is 9.50 Å². The Balaban J connectivity index is 1.81. The van der Waals surface area contributed by atoms with E-state index in [0.29, 0.717) is 5.56 Å². The minimum Gasteiger partial charge on any atom is -0.387 e. The van der Waals surface area contributed by atoms with Gasteiger partial charge in [0.15, 0.2) is 0 Å². The van der Waals surface area contributed by atoms with E-state index in [0.717, 1.165) is 38.3 Å². The molecular formula is C14H19FN2O. The average molecular weight is 250 g/mol. The van der Waals surface area contributed by atoms with E-state index in [9.17, 15) is 9.50 Å². The molecule has 0 amide bonds. The standard InChI is InChI=1S/C14H19FN2O/c1-10-8-11(2-3-12(10)15)14(18)13-9-16-4-6-17(13)7-5-16/h2-3,8,13-14,18H,4-7,9H2,1H3. The van der Waals surface area contributed by atoms with Crippen LogP contribution in [0.5, 0.6) is 0 Å². The summed E-state index contributed by atoms with van der Waals surface area (Å²) in [6.45, 7) is 6.92. The van der Waals surface area contributed by atoms with Crippen molar-refractivity contribution in [3.05, 3.63) is 35.1 Å². The third-order valence-corrected chi connectivity index (χ3v) is 4.21. The Bertz CT molecular complexity index is 443. The van der Waals surface area contributed by atoms with Crippen LogP contribution in [0.2, 0.25) is 0 Å². The molecular weight excluding hydrogens is 231 g/mol. The highest BCUT2D eigenvalue weighted by atomic mass is 19.1. The molecule has 3 heterocycles. The van der Waals surface area contributed by atoms with Crippen molar-refractivity contribution in [3.8, 4) is 0 Å². The fraction of sp³-hybridized carbons (Fsp3) is 0.571. The maximum Gasteiger partial charge on any atom is 0.126 e. The molecule has 3 nitrogen and oxygen atoms in total. The van der Waals surface area contributed by atoms with Crippen molar-refractivity contribution in [2.24, 2.45) is 0 Å². The van der Waals surface area contributed by atoms with Gasteiger partial charge in [0, 0.05) is 32.7 Å². The molecule has 0 aromatic heterocycles. The van der Waals surface area contributed by atoms with E-state index in [1.807, 2.05) is 0 Å². The predicted molar refractivity (Wildman–Crippen MR) is 67.9 cm³/mol. The molecule has 18 heavy (non-hydrogen) atoms. The van der Waals surface area contributed by atoms with Crippen molar-refractivity contribution in [2.75, 3.05) is 32.7 Å². The van der Waals surface area contributed by atoms with E-state index in [4.69, 9.17) is 0 Å². The molecule has 1 N–H and O–H groups in total. The van der Waals surface area contributed by atoms with Crippen LogP contribution in [0.25, 0.3) is 0 Å². The molecule has 2 unspecified atom stereocenters. The zero-order valence-corrected chi connectivity index (χ0v) is 10.6. The summed E-state index contributed by atoms with van der Waals surface area (Å²) in [4.78, 5) is 4.74. The monoisotopic (exact) mass is 250 g/mol. The van der Waals surface area contributed by atoms with E-state index >= 15 is 0 Å². The van der Waals surface area contributed by atoms with Gasteiger partial charge < -0.3 is 5.11 Å². The fourth-order valence-corrected chi connectivity index (χ4v) is 3.03. The number of aliphatic hydroxyl groups is 1. The number of aliphatic hydroxyl groups excluding tert-OH is 1. The van der Waals surface area contributed by atoms with Crippen molar-refractivity contribution >= 4 is 0 Å². The summed E-state index contributed by atoms with van der Waals surface area (Å²) in [5, 5.41) is 10.5. The number of halogens is 1. The number of rotatable bonds is 2. The van der Waals surface area contributed by atoms with Crippen molar-refractivity contribution in [3.63, 3.8) is 0 Å². The molecule has 0 saturated carbocycles. The first-order valence-electron chi connectivity index (χ1n) is 6.55. The Morgan fingerprint density at radius 3 is 2.56 bits per heavy atom. The number of benzene rings is 1. The van der Waals surface area contributed by atoms with Crippen LogP contribution >= 0.6 is 0 Å². The second-order valence-electron chi connectivity index (χ2n) is 5.36. The first kappa shape index (κ1) is 12.1. The zero-order chi connectivity index (χ0) is 12.7. The molecule has 0 radical (unpaired) electrons. The lowest BCUT2D eigenvalue weighted by atomic mass is 9.95. The van der Waals surface area contributed by atoms with Gasteiger partial charge in [0.2, 0.25) is 0 Å². The number of nitrogens with zero attached hydrogens (tertiary/aromatic N) is 2. The van der Waals surface area contributed by atoms with Gasteiger partial charge in [-0.3, -0.25) is 9.80 Å². The number of hydrogen-bond donors (Lipinski definition) is 1. The lowest BCUT2D eigenvalue weighted by molar-refractivity contribution is -0.0470. The van der Waals surface area contributed by atoms with Gasteiger partial charge in [-0.2, -0.15) is 0 Å². The number of hydrogen-bond acceptors (Lipinski definition) is 3. The summed E-state index contributed by atoms with van der Waals surface area (Å²) in [6.07, 6.45) is -0.521. The van der Waals surface area contributed by atoms with Crippen LogP contribution in [0.15, 0.2) is 18.2 Å². The Morgan fingerprint density at radius 1 is 1.28 bits per heavy atom. The molecule has 3 aliphatic rings. The third-order valence-electron chi connectivity index (χ3n) is 4.21. The quantitative estimate of drug-likeness (QED) is 0.853. The highest BCUT2D eigenvalue weighted by Crippen LogP contribution is 2.27. The highest BCUT2D eigenvalue weighted by molar-refractivity contribution is 5.27. The Kier molecular flexibility index (Phi) is 3.09. The van der Waals surface area contributed by atoms with Gasteiger partial charge in [0.25, 0.3) is 0 Å². The minimum absolute atomic E-state index is 0.150. The number of piperazine rings is 3.